The first-order valence-electron chi connectivity index (χ1n) is 8.01. The van der Waals surface area contributed by atoms with Gasteiger partial charge in [-0.1, -0.05) is 38.1 Å². The molecule has 1 atom stereocenters. The topological polar surface area (TPSA) is 41.3 Å². The summed E-state index contributed by atoms with van der Waals surface area (Å²) in [6.45, 7) is 9.46. The van der Waals surface area contributed by atoms with Gasteiger partial charge in [-0.15, -0.1) is 0 Å². The molecule has 1 aliphatic carbocycles. The van der Waals surface area contributed by atoms with Crippen molar-refractivity contribution in [1.82, 2.24) is 10.2 Å². The molecule has 0 fully saturated rings. The minimum absolute atomic E-state index is 0.0119. The number of rotatable bonds is 7. The van der Waals surface area contributed by atoms with Crippen molar-refractivity contribution < 1.29 is 0 Å². The summed E-state index contributed by atoms with van der Waals surface area (Å²) in [5.74, 6) is 0. The summed E-state index contributed by atoms with van der Waals surface area (Å²) in [5, 5.41) is 3.77. The number of hydrogen-bond donors (Lipinski definition) is 2. The van der Waals surface area contributed by atoms with Gasteiger partial charge in [0.05, 0.1) is 5.54 Å². The third kappa shape index (κ3) is 3.22. The van der Waals surface area contributed by atoms with Crippen molar-refractivity contribution >= 4 is 0 Å². The molecule has 0 aromatic heterocycles. The number of benzene rings is 1. The highest BCUT2D eigenvalue weighted by molar-refractivity contribution is 5.36. The molecule has 0 saturated heterocycles. The van der Waals surface area contributed by atoms with E-state index in [1.165, 1.54) is 24.0 Å². The fourth-order valence-electron chi connectivity index (χ4n) is 3.38. The van der Waals surface area contributed by atoms with E-state index < -0.39 is 0 Å². The summed E-state index contributed by atoms with van der Waals surface area (Å²) < 4.78 is 0. The number of aryl methyl sites for hydroxylation is 1. The molecule has 0 amide bonds. The maximum absolute atomic E-state index is 6.16. The zero-order valence-corrected chi connectivity index (χ0v) is 13.0. The molecular formula is C17H29N3. The van der Waals surface area contributed by atoms with Gasteiger partial charge in [-0.25, -0.2) is 0 Å². The van der Waals surface area contributed by atoms with Crippen LogP contribution >= 0.6 is 0 Å². The van der Waals surface area contributed by atoms with Crippen LogP contribution in [0.3, 0.4) is 0 Å². The fraction of sp³-hybridized carbons (Fsp3) is 0.647. The van der Waals surface area contributed by atoms with E-state index in [9.17, 15) is 0 Å². The second-order valence-corrected chi connectivity index (χ2v) is 5.75. The number of nitrogens with one attached hydrogen (secondary N) is 1. The Morgan fingerprint density at radius 3 is 2.70 bits per heavy atom. The largest absolute Gasteiger partial charge is 0.328 e. The maximum Gasteiger partial charge on any atom is 0.0562 e. The minimum atomic E-state index is -0.0119. The lowest BCUT2D eigenvalue weighted by Gasteiger charge is -2.40. The molecule has 3 nitrogen and oxygen atoms in total. The van der Waals surface area contributed by atoms with Crippen molar-refractivity contribution in [2.24, 2.45) is 5.73 Å². The van der Waals surface area contributed by atoms with Gasteiger partial charge in [0.25, 0.3) is 0 Å². The molecule has 1 aromatic carbocycles. The summed E-state index contributed by atoms with van der Waals surface area (Å²) in [7, 11) is 0. The summed E-state index contributed by atoms with van der Waals surface area (Å²) in [4.78, 5) is 2.45. The van der Waals surface area contributed by atoms with Gasteiger partial charge in [0.2, 0.25) is 0 Å². The van der Waals surface area contributed by atoms with Crippen molar-refractivity contribution in [2.45, 2.75) is 38.6 Å². The van der Waals surface area contributed by atoms with Crippen molar-refractivity contribution in [1.29, 1.82) is 0 Å². The van der Waals surface area contributed by atoms with E-state index in [1.807, 2.05) is 0 Å². The molecule has 0 heterocycles. The second kappa shape index (κ2) is 7.21. The van der Waals surface area contributed by atoms with Gasteiger partial charge in [-0.3, -0.25) is 0 Å². The van der Waals surface area contributed by atoms with E-state index in [0.29, 0.717) is 6.54 Å². The number of fused-ring (bicyclic) bond motifs is 1. The molecule has 0 radical (unpaired) electrons. The zero-order chi connectivity index (χ0) is 14.4. The Balaban J connectivity index is 2.07. The molecule has 0 aliphatic heterocycles. The van der Waals surface area contributed by atoms with E-state index >= 15 is 0 Å². The standard InChI is InChI=1S/C17H29N3/c1-3-20(4-2)13-12-19-17(14-18)11-7-9-15-8-5-6-10-16(15)17/h5-6,8,10,19H,3-4,7,9,11-14,18H2,1-2H3. The molecule has 1 aliphatic rings. The Morgan fingerprint density at radius 2 is 2.00 bits per heavy atom. The molecule has 3 N–H and O–H groups in total. The average Bonchev–Trinajstić information content (AvgIpc) is 2.51. The average molecular weight is 275 g/mol. The van der Waals surface area contributed by atoms with Gasteiger partial charge in [0.15, 0.2) is 0 Å². The monoisotopic (exact) mass is 275 g/mol. The van der Waals surface area contributed by atoms with E-state index in [2.05, 4.69) is 48.3 Å². The van der Waals surface area contributed by atoms with Crippen LogP contribution in [0.5, 0.6) is 0 Å². The van der Waals surface area contributed by atoms with Crippen LogP contribution in [0.2, 0.25) is 0 Å². The first-order valence-corrected chi connectivity index (χ1v) is 8.01. The van der Waals surface area contributed by atoms with Crippen molar-refractivity contribution in [3.05, 3.63) is 35.4 Å². The molecule has 20 heavy (non-hydrogen) atoms. The lowest BCUT2D eigenvalue weighted by atomic mass is 9.76. The minimum Gasteiger partial charge on any atom is -0.328 e. The van der Waals surface area contributed by atoms with Gasteiger partial charge in [-0.2, -0.15) is 0 Å². The van der Waals surface area contributed by atoms with Crippen LogP contribution in [0, 0.1) is 0 Å². The molecule has 1 aromatic rings. The number of nitrogens with two attached hydrogens (primary N) is 1. The van der Waals surface area contributed by atoms with E-state index in [1.54, 1.807) is 0 Å². The van der Waals surface area contributed by atoms with Gasteiger partial charge in [0, 0.05) is 19.6 Å². The van der Waals surface area contributed by atoms with Crippen LogP contribution < -0.4 is 11.1 Å². The van der Waals surface area contributed by atoms with E-state index in [-0.39, 0.29) is 5.54 Å². The molecule has 0 bridgehead atoms. The predicted molar refractivity (Wildman–Crippen MR) is 85.9 cm³/mol. The third-order valence-corrected chi connectivity index (χ3v) is 4.72. The van der Waals surface area contributed by atoms with Crippen molar-refractivity contribution in [2.75, 3.05) is 32.7 Å². The second-order valence-electron chi connectivity index (χ2n) is 5.75. The summed E-state index contributed by atoms with van der Waals surface area (Å²) >= 11 is 0. The Morgan fingerprint density at radius 1 is 1.25 bits per heavy atom. The zero-order valence-electron chi connectivity index (χ0n) is 13.0. The first kappa shape index (κ1) is 15.5. The third-order valence-electron chi connectivity index (χ3n) is 4.72. The van der Waals surface area contributed by atoms with Crippen LogP contribution in [0.4, 0.5) is 0 Å². The fourth-order valence-corrected chi connectivity index (χ4v) is 3.38. The SMILES string of the molecule is CCN(CC)CCNC1(CN)CCCc2ccccc21. The Labute approximate surface area is 123 Å². The lowest BCUT2D eigenvalue weighted by Crippen LogP contribution is -2.52. The number of nitrogens with zero attached hydrogens (tertiary/aromatic N) is 1. The quantitative estimate of drug-likeness (QED) is 0.801. The summed E-state index contributed by atoms with van der Waals surface area (Å²) in [5.41, 5.74) is 9.04. The molecular weight excluding hydrogens is 246 g/mol. The van der Waals surface area contributed by atoms with Gasteiger partial charge in [0.1, 0.15) is 0 Å². The highest BCUT2D eigenvalue weighted by atomic mass is 15.1. The molecule has 112 valence electrons. The highest BCUT2D eigenvalue weighted by Crippen LogP contribution is 2.34. The van der Waals surface area contributed by atoms with E-state index in [0.717, 1.165) is 32.6 Å². The maximum atomic E-state index is 6.16. The molecule has 2 rings (SSSR count). The summed E-state index contributed by atoms with van der Waals surface area (Å²) in [6.07, 6.45) is 3.57. The van der Waals surface area contributed by atoms with Gasteiger partial charge in [-0.05, 0) is 43.5 Å². The normalized spacial score (nSPS) is 22.0. The van der Waals surface area contributed by atoms with Crippen LogP contribution in [0.25, 0.3) is 0 Å². The lowest BCUT2D eigenvalue weighted by molar-refractivity contribution is 0.250. The van der Waals surface area contributed by atoms with Crippen LogP contribution in [0.15, 0.2) is 24.3 Å². The van der Waals surface area contributed by atoms with E-state index in [4.69, 9.17) is 5.73 Å². The Kier molecular flexibility index (Phi) is 5.58. The van der Waals surface area contributed by atoms with Gasteiger partial charge >= 0.3 is 0 Å². The van der Waals surface area contributed by atoms with Crippen molar-refractivity contribution in [3.8, 4) is 0 Å². The summed E-state index contributed by atoms with van der Waals surface area (Å²) in [6, 6.07) is 8.79. The highest BCUT2D eigenvalue weighted by Gasteiger charge is 2.34. The predicted octanol–water partition coefficient (Wildman–Crippen LogP) is 2.11. The first-order chi connectivity index (χ1) is 9.75. The molecule has 1 unspecified atom stereocenters. The van der Waals surface area contributed by atoms with Crippen molar-refractivity contribution in [3.63, 3.8) is 0 Å². The Hall–Kier alpha value is -0.900. The Bertz CT molecular complexity index is 414. The molecule has 0 saturated carbocycles. The molecule has 0 spiro atoms. The smallest absolute Gasteiger partial charge is 0.0562 e. The van der Waals surface area contributed by atoms with Crippen LogP contribution in [-0.2, 0) is 12.0 Å². The van der Waals surface area contributed by atoms with Crippen LogP contribution in [0.1, 0.15) is 37.8 Å². The van der Waals surface area contributed by atoms with Gasteiger partial charge < -0.3 is 16.0 Å². The number of likely N-dealkylation sites (N-methyl/N-ethyl adjacent to an activating group) is 1. The molecule has 3 heteroatoms. The van der Waals surface area contributed by atoms with Crippen LogP contribution in [-0.4, -0.2) is 37.6 Å². The number of hydrogen-bond acceptors (Lipinski definition) is 3.